The van der Waals surface area contributed by atoms with E-state index in [0.29, 0.717) is 12.8 Å². The Bertz CT molecular complexity index is 328. The van der Waals surface area contributed by atoms with Crippen LogP contribution in [0.2, 0.25) is 0 Å². The number of aryl methyl sites for hydroxylation is 1. The van der Waals surface area contributed by atoms with E-state index in [1.807, 2.05) is 24.3 Å². The highest BCUT2D eigenvalue weighted by molar-refractivity contribution is 9.10. The van der Waals surface area contributed by atoms with Crippen LogP contribution in [-0.2, 0) is 11.2 Å². The first-order valence-corrected chi connectivity index (χ1v) is 5.12. The summed E-state index contributed by atoms with van der Waals surface area (Å²) in [7, 11) is 0. The Morgan fingerprint density at radius 1 is 1.50 bits per heavy atom. The quantitative estimate of drug-likeness (QED) is 0.865. The molecule has 3 nitrogen and oxygen atoms in total. The lowest BCUT2D eigenvalue weighted by molar-refractivity contribution is -0.138. The molecule has 1 atom stereocenters. The maximum atomic E-state index is 10.5. The Morgan fingerprint density at radius 2 is 2.14 bits per heavy atom. The largest absolute Gasteiger partial charge is 0.480 e. The van der Waals surface area contributed by atoms with E-state index < -0.39 is 12.0 Å². The molecule has 1 rings (SSSR count). The molecule has 0 aliphatic heterocycles. The summed E-state index contributed by atoms with van der Waals surface area (Å²) in [6.45, 7) is 0. The fourth-order valence-electron chi connectivity index (χ4n) is 1.14. The van der Waals surface area contributed by atoms with Crippen molar-refractivity contribution in [3.8, 4) is 0 Å². The van der Waals surface area contributed by atoms with E-state index in [1.54, 1.807) is 0 Å². The fourth-order valence-corrected chi connectivity index (χ4v) is 1.62. The van der Waals surface area contributed by atoms with Crippen LogP contribution in [-0.4, -0.2) is 17.1 Å². The van der Waals surface area contributed by atoms with Gasteiger partial charge in [0, 0.05) is 4.47 Å². The van der Waals surface area contributed by atoms with Crippen molar-refractivity contribution in [2.45, 2.75) is 18.9 Å². The Hall–Kier alpha value is -0.870. The van der Waals surface area contributed by atoms with Crippen molar-refractivity contribution in [2.24, 2.45) is 5.73 Å². The second-order valence-corrected chi connectivity index (χ2v) is 3.93. The van der Waals surface area contributed by atoms with Gasteiger partial charge in [-0.3, -0.25) is 4.79 Å². The third-order valence-electron chi connectivity index (χ3n) is 2.00. The molecule has 0 saturated carbocycles. The van der Waals surface area contributed by atoms with E-state index in [0.717, 1.165) is 10.0 Å². The van der Waals surface area contributed by atoms with Gasteiger partial charge in [-0.2, -0.15) is 0 Å². The third kappa shape index (κ3) is 3.12. The number of aliphatic carboxylic acids is 1. The fraction of sp³-hybridized carbons (Fsp3) is 0.300. The van der Waals surface area contributed by atoms with Crippen LogP contribution in [0.5, 0.6) is 0 Å². The molecule has 1 unspecified atom stereocenters. The van der Waals surface area contributed by atoms with Gasteiger partial charge in [0.05, 0.1) is 0 Å². The van der Waals surface area contributed by atoms with Gasteiger partial charge in [-0.1, -0.05) is 34.1 Å². The van der Waals surface area contributed by atoms with E-state index in [2.05, 4.69) is 15.9 Å². The number of nitrogens with two attached hydrogens (primary N) is 1. The molecule has 0 spiro atoms. The summed E-state index contributed by atoms with van der Waals surface area (Å²) in [5, 5.41) is 8.59. The number of hydrogen-bond donors (Lipinski definition) is 2. The molecule has 0 aliphatic carbocycles. The highest BCUT2D eigenvalue weighted by Crippen LogP contribution is 2.17. The summed E-state index contributed by atoms with van der Waals surface area (Å²) in [5.74, 6) is -0.947. The first kappa shape index (κ1) is 11.2. The molecule has 1 aromatic rings. The molecule has 0 fully saturated rings. The van der Waals surface area contributed by atoms with Crippen molar-refractivity contribution in [2.75, 3.05) is 0 Å². The van der Waals surface area contributed by atoms with Gasteiger partial charge in [0.1, 0.15) is 6.04 Å². The summed E-state index contributed by atoms with van der Waals surface area (Å²) in [6, 6.07) is 6.96. The number of benzene rings is 1. The Morgan fingerprint density at radius 3 is 2.71 bits per heavy atom. The first-order valence-electron chi connectivity index (χ1n) is 4.33. The maximum Gasteiger partial charge on any atom is 0.320 e. The number of rotatable bonds is 4. The highest BCUT2D eigenvalue weighted by Gasteiger charge is 2.11. The first-order chi connectivity index (χ1) is 6.61. The number of halogens is 1. The van der Waals surface area contributed by atoms with Gasteiger partial charge in [-0.05, 0) is 24.5 Å². The minimum atomic E-state index is -0.947. The molecule has 3 N–H and O–H groups in total. The van der Waals surface area contributed by atoms with Crippen molar-refractivity contribution in [1.29, 1.82) is 0 Å². The van der Waals surface area contributed by atoms with E-state index >= 15 is 0 Å². The van der Waals surface area contributed by atoms with Crippen molar-refractivity contribution in [3.63, 3.8) is 0 Å². The predicted octanol–water partition coefficient (Wildman–Crippen LogP) is 1.79. The molecule has 0 heterocycles. The molecule has 0 radical (unpaired) electrons. The summed E-state index contributed by atoms with van der Waals surface area (Å²) in [6.07, 6.45) is 1.13. The lowest BCUT2D eigenvalue weighted by atomic mass is 10.1. The second-order valence-electron chi connectivity index (χ2n) is 3.07. The number of carboxylic acids is 1. The van der Waals surface area contributed by atoms with E-state index in [4.69, 9.17) is 10.8 Å². The predicted molar refractivity (Wildman–Crippen MR) is 58.1 cm³/mol. The normalized spacial score (nSPS) is 12.4. The van der Waals surface area contributed by atoms with Crippen molar-refractivity contribution >= 4 is 21.9 Å². The van der Waals surface area contributed by atoms with Gasteiger partial charge in [0.2, 0.25) is 0 Å². The van der Waals surface area contributed by atoms with Crippen LogP contribution < -0.4 is 5.73 Å². The minimum absolute atomic E-state index is 0.456. The molecule has 4 heteroatoms. The SMILES string of the molecule is NC(CCc1ccccc1Br)C(=O)O. The topological polar surface area (TPSA) is 63.3 Å². The number of carbonyl (C=O) groups is 1. The van der Waals surface area contributed by atoms with Gasteiger partial charge in [0.15, 0.2) is 0 Å². The zero-order chi connectivity index (χ0) is 10.6. The van der Waals surface area contributed by atoms with E-state index in [-0.39, 0.29) is 0 Å². The van der Waals surface area contributed by atoms with Crippen LogP contribution in [0.15, 0.2) is 28.7 Å². The summed E-state index contributed by atoms with van der Waals surface area (Å²) in [4.78, 5) is 10.5. The molecule has 76 valence electrons. The summed E-state index contributed by atoms with van der Waals surface area (Å²) in [5.41, 5.74) is 6.49. The molecule has 14 heavy (non-hydrogen) atoms. The molecule has 0 bridgehead atoms. The van der Waals surface area contributed by atoms with Gasteiger partial charge < -0.3 is 10.8 Å². The summed E-state index contributed by atoms with van der Waals surface area (Å²) >= 11 is 3.40. The highest BCUT2D eigenvalue weighted by atomic mass is 79.9. The number of carboxylic acid groups (broad SMARTS) is 1. The average Bonchev–Trinajstić information content (AvgIpc) is 2.16. The molecule has 0 aliphatic rings. The molecular weight excluding hydrogens is 246 g/mol. The van der Waals surface area contributed by atoms with E-state index in [1.165, 1.54) is 0 Å². The molecule has 1 aromatic carbocycles. The zero-order valence-corrected chi connectivity index (χ0v) is 9.20. The summed E-state index contributed by atoms with van der Waals surface area (Å²) < 4.78 is 0.998. The van der Waals surface area contributed by atoms with Gasteiger partial charge in [-0.25, -0.2) is 0 Å². The monoisotopic (exact) mass is 257 g/mol. The zero-order valence-electron chi connectivity index (χ0n) is 7.61. The van der Waals surface area contributed by atoms with Crippen LogP contribution in [0.3, 0.4) is 0 Å². The lowest BCUT2D eigenvalue weighted by Gasteiger charge is -2.07. The average molecular weight is 258 g/mol. The standard InChI is InChI=1S/C10H12BrNO2/c11-8-4-2-1-3-7(8)5-6-9(12)10(13)14/h1-4,9H,5-6,12H2,(H,13,14). The minimum Gasteiger partial charge on any atom is -0.480 e. The Labute approximate surface area is 91.1 Å². The Kier molecular flexibility index (Phi) is 4.10. The van der Waals surface area contributed by atoms with Crippen LogP contribution in [0, 0.1) is 0 Å². The third-order valence-corrected chi connectivity index (χ3v) is 2.77. The van der Waals surface area contributed by atoms with Gasteiger partial charge in [0.25, 0.3) is 0 Å². The smallest absolute Gasteiger partial charge is 0.320 e. The van der Waals surface area contributed by atoms with E-state index in [9.17, 15) is 4.79 Å². The van der Waals surface area contributed by atoms with Crippen molar-refractivity contribution < 1.29 is 9.90 Å². The lowest BCUT2D eigenvalue weighted by Crippen LogP contribution is -2.30. The molecule has 0 aromatic heterocycles. The van der Waals surface area contributed by atoms with Crippen molar-refractivity contribution in [1.82, 2.24) is 0 Å². The van der Waals surface area contributed by atoms with Crippen molar-refractivity contribution in [3.05, 3.63) is 34.3 Å². The van der Waals surface area contributed by atoms with Crippen LogP contribution in [0.25, 0.3) is 0 Å². The van der Waals surface area contributed by atoms with Crippen LogP contribution >= 0.6 is 15.9 Å². The van der Waals surface area contributed by atoms with Crippen LogP contribution in [0.1, 0.15) is 12.0 Å². The number of hydrogen-bond acceptors (Lipinski definition) is 2. The second kappa shape index (κ2) is 5.12. The maximum absolute atomic E-state index is 10.5. The molecular formula is C10H12BrNO2. The molecule has 0 saturated heterocycles. The van der Waals surface area contributed by atoms with Crippen LogP contribution in [0.4, 0.5) is 0 Å². The molecule has 0 amide bonds. The van der Waals surface area contributed by atoms with Gasteiger partial charge in [-0.15, -0.1) is 0 Å². The van der Waals surface area contributed by atoms with Gasteiger partial charge >= 0.3 is 5.97 Å². The Balaban J connectivity index is 2.54.